The Hall–Kier alpha value is -3.94. The maximum absolute atomic E-state index is 13.4. The fourth-order valence-corrected chi connectivity index (χ4v) is 3.10. The van der Waals surface area contributed by atoms with E-state index >= 15 is 0 Å². The second-order valence-corrected chi connectivity index (χ2v) is 6.64. The zero-order chi connectivity index (χ0) is 20.9. The third-order valence-electron chi connectivity index (χ3n) is 4.58. The number of ether oxygens (including phenoxy) is 1. The smallest absolute Gasteiger partial charge is 0.321 e. The molecule has 0 saturated carbocycles. The Morgan fingerprint density at radius 3 is 2.83 bits per heavy atom. The molecule has 1 aliphatic heterocycles. The summed E-state index contributed by atoms with van der Waals surface area (Å²) in [6.07, 6.45) is 1.56. The number of urea groups is 1. The van der Waals surface area contributed by atoms with Gasteiger partial charge in [0.15, 0.2) is 0 Å². The Morgan fingerprint density at radius 1 is 1.17 bits per heavy atom. The number of halogens is 1. The Labute approximate surface area is 172 Å². The third kappa shape index (κ3) is 4.38. The summed E-state index contributed by atoms with van der Waals surface area (Å²) < 4.78 is 19.1. The lowest BCUT2D eigenvalue weighted by Gasteiger charge is -2.15. The lowest BCUT2D eigenvalue weighted by atomic mass is 10.1. The van der Waals surface area contributed by atoms with Gasteiger partial charge in [-0.05, 0) is 36.4 Å². The summed E-state index contributed by atoms with van der Waals surface area (Å²) >= 11 is 0. The van der Waals surface area contributed by atoms with E-state index in [2.05, 4.69) is 15.6 Å². The number of anilines is 1. The highest BCUT2D eigenvalue weighted by Crippen LogP contribution is 2.24. The van der Waals surface area contributed by atoms with Crippen LogP contribution in [0.5, 0.6) is 11.6 Å². The average molecular weight is 406 g/mol. The molecular formula is C22H19FN4O3. The van der Waals surface area contributed by atoms with E-state index in [0.717, 1.165) is 0 Å². The summed E-state index contributed by atoms with van der Waals surface area (Å²) in [7, 11) is 0. The van der Waals surface area contributed by atoms with Gasteiger partial charge in [-0.15, -0.1) is 0 Å². The van der Waals surface area contributed by atoms with Crippen LogP contribution in [0.15, 0.2) is 66.9 Å². The number of nitrogens with zero attached hydrogens (tertiary/aromatic N) is 2. The molecule has 7 nitrogen and oxygen atoms in total. The molecule has 0 unspecified atom stereocenters. The van der Waals surface area contributed by atoms with E-state index in [0.29, 0.717) is 35.7 Å². The van der Waals surface area contributed by atoms with Crippen molar-refractivity contribution in [3.05, 3.63) is 83.8 Å². The average Bonchev–Trinajstić information content (AvgIpc) is 3.19. The van der Waals surface area contributed by atoms with Crippen LogP contribution in [0.1, 0.15) is 15.9 Å². The number of benzene rings is 2. The molecule has 2 N–H and O–H groups in total. The number of carbonyl (C=O) groups is 2. The van der Waals surface area contributed by atoms with Crippen LogP contribution in [0, 0.1) is 5.82 Å². The molecular weight excluding hydrogens is 387 g/mol. The third-order valence-corrected chi connectivity index (χ3v) is 4.58. The van der Waals surface area contributed by atoms with E-state index in [1.54, 1.807) is 59.6 Å². The molecule has 0 bridgehead atoms. The van der Waals surface area contributed by atoms with Crippen LogP contribution in [-0.4, -0.2) is 30.0 Å². The molecule has 1 aliphatic rings. The summed E-state index contributed by atoms with van der Waals surface area (Å²) in [4.78, 5) is 30.3. The Morgan fingerprint density at radius 2 is 2.03 bits per heavy atom. The van der Waals surface area contributed by atoms with Crippen molar-refractivity contribution in [2.45, 2.75) is 6.54 Å². The topological polar surface area (TPSA) is 83.6 Å². The number of aromatic nitrogens is 1. The van der Waals surface area contributed by atoms with Crippen molar-refractivity contribution < 1.29 is 18.7 Å². The molecule has 0 aliphatic carbocycles. The standard InChI is InChI=1S/C22H19FN4O3/c23-17-6-2-8-19(13-17)30-21-16(5-3-9-24-21)14-26-20(28)15-4-1-7-18(12-15)27-11-10-25-22(27)29/h1-9,12-13H,10-11,14H2,(H,25,29)(H,26,28). The summed E-state index contributed by atoms with van der Waals surface area (Å²) in [5.74, 6) is -0.106. The molecule has 4 rings (SSSR count). The molecule has 0 spiro atoms. The van der Waals surface area contributed by atoms with Crippen molar-refractivity contribution in [2.75, 3.05) is 18.0 Å². The van der Waals surface area contributed by atoms with Gasteiger partial charge in [0, 0.05) is 48.7 Å². The maximum Gasteiger partial charge on any atom is 0.321 e. The fourth-order valence-electron chi connectivity index (χ4n) is 3.10. The van der Waals surface area contributed by atoms with E-state index in [1.165, 1.54) is 12.1 Å². The molecule has 0 atom stereocenters. The Bertz CT molecular complexity index is 1090. The molecule has 1 fully saturated rings. The normalized spacial score (nSPS) is 13.1. The second kappa shape index (κ2) is 8.60. The van der Waals surface area contributed by atoms with Gasteiger partial charge in [0.25, 0.3) is 5.91 Å². The van der Waals surface area contributed by atoms with Crippen LogP contribution in [0.2, 0.25) is 0 Å². The number of amides is 3. The van der Waals surface area contributed by atoms with Crippen molar-refractivity contribution in [3.8, 4) is 11.6 Å². The predicted molar refractivity (Wildman–Crippen MR) is 109 cm³/mol. The number of rotatable bonds is 6. The summed E-state index contributed by atoms with van der Waals surface area (Å²) in [5, 5.41) is 5.56. The number of hydrogen-bond acceptors (Lipinski definition) is 4. The largest absolute Gasteiger partial charge is 0.439 e. The van der Waals surface area contributed by atoms with Gasteiger partial charge >= 0.3 is 6.03 Å². The molecule has 0 radical (unpaired) electrons. The van der Waals surface area contributed by atoms with Crippen molar-refractivity contribution in [1.82, 2.24) is 15.6 Å². The van der Waals surface area contributed by atoms with Crippen LogP contribution in [-0.2, 0) is 6.54 Å². The van der Waals surface area contributed by atoms with Crippen LogP contribution in [0.3, 0.4) is 0 Å². The first-order chi connectivity index (χ1) is 14.6. The van der Waals surface area contributed by atoms with E-state index in [1.807, 2.05) is 0 Å². The van der Waals surface area contributed by atoms with E-state index in [9.17, 15) is 14.0 Å². The van der Waals surface area contributed by atoms with Gasteiger partial charge in [-0.3, -0.25) is 9.69 Å². The molecule has 3 aromatic rings. The van der Waals surface area contributed by atoms with Gasteiger partial charge in [-0.2, -0.15) is 0 Å². The Balaban J connectivity index is 1.45. The van der Waals surface area contributed by atoms with Crippen molar-refractivity contribution >= 4 is 17.6 Å². The number of hydrogen-bond donors (Lipinski definition) is 2. The Kier molecular flexibility index (Phi) is 5.56. The molecule has 3 amide bonds. The highest BCUT2D eigenvalue weighted by molar-refractivity contribution is 5.98. The molecule has 8 heteroatoms. The number of pyridine rings is 1. The van der Waals surface area contributed by atoms with Crippen LogP contribution >= 0.6 is 0 Å². The molecule has 1 saturated heterocycles. The summed E-state index contributed by atoms with van der Waals surface area (Å²) in [6, 6.07) is 16.0. The first-order valence-corrected chi connectivity index (χ1v) is 9.41. The first-order valence-electron chi connectivity index (χ1n) is 9.41. The quantitative estimate of drug-likeness (QED) is 0.657. The van der Waals surface area contributed by atoms with Crippen LogP contribution in [0.25, 0.3) is 0 Å². The molecule has 2 heterocycles. The summed E-state index contributed by atoms with van der Waals surface area (Å²) in [6.45, 7) is 1.30. The predicted octanol–water partition coefficient (Wildman–Crippen LogP) is 3.47. The minimum Gasteiger partial charge on any atom is -0.439 e. The van der Waals surface area contributed by atoms with Gasteiger partial charge in [-0.25, -0.2) is 14.2 Å². The highest BCUT2D eigenvalue weighted by Gasteiger charge is 2.21. The lowest BCUT2D eigenvalue weighted by Crippen LogP contribution is -2.28. The van der Waals surface area contributed by atoms with Gasteiger partial charge in [0.05, 0.1) is 0 Å². The SMILES string of the molecule is O=C(NCc1cccnc1Oc1cccc(F)c1)c1cccc(N2CCNC2=O)c1. The van der Waals surface area contributed by atoms with Crippen molar-refractivity contribution in [3.63, 3.8) is 0 Å². The second-order valence-electron chi connectivity index (χ2n) is 6.64. The number of carbonyl (C=O) groups excluding carboxylic acids is 2. The zero-order valence-corrected chi connectivity index (χ0v) is 16.0. The van der Waals surface area contributed by atoms with Crippen molar-refractivity contribution in [1.29, 1.82) is 0 Å². The number of nitrogens with one attached hydrogen (secondary N) is 2. The zero-order valence-electron chi connectivity index (χ0n) is 16.0. The van der Waals surface area contributed by atoms with Gasteiger partial charge in [-0.1, -0.05) is 18.2 Å². The van der Waals surface area contributed by atoms with Gasteiger partial charge in [0.2, 0.25) is 5.88 Å². The van der Waals surface area contributed by atoms with Crippen molar-refractivity contribution in [2.24, 2.45) is 0 Å². The lowest BCUT2D eigenvalue weighted by molar-refractivity contribution is 0.0950. The molecule has 1 aromatic heterocycles. The molecule has 30 heavy (non-hydrogen) atoms. The monoisotopic (exact) mass is 406 g/mol. The fraction of sp³-hybridized carbons (Fsp3) is 0.136. The van der Waals surface area contributed by atoms with E-state index in [4.69, 9.17) is 4.74 Å². The van der Waals surface area contributed by atoms with Crippen LogP contribution < -0.4 is 20.3 Å². The minimum atomic E-state index is -0.412. The molecule has 2 aromatic carbocycles. The van der Waals surface area contributed by atoms with Crippen LogP contribution in [0.4, 0.5) is 14.9 Å². The van der Waals surface area contributed by atoms with Gasteiger partial charge < -0.3 is 15.4 Å². The molecule has 152 valence electrons. The maximum atomic E-state index is 13.4. The van der Waals surface area contributed by atoms with E-state index < -0.39 is 5.82 Å². The summed E-state index contributed by atoms with van der Waals surface area (Å²) in [5.41, 5.74) is 1.74. The minimum absolute atomic E-state index is 0.172. The van der Waals surface area contributed by atoms with E-state index in [-0.39, 0.29) is 24.4 Å². The first kappa shape index (κ1) is 19.4. The van der Waals surface area contributed by atoms with Gasteiger partial charge in [0.1, 0.15) is 11.6 Å². The highest BCUT2D eigenvalue weighted by atomic mass is 19.1.